The van der Waals surface area contributed by atoms with E-state index in [1.807, 2.05) is 6.07 Å². The zero-order valence-electron chi connectivity index (χ0n) is 10.4. The smallest absolute Gasteiger partial charge is 0.414 e. The molecule has 0 fully saturated rings. The minimum Gasteiger partial charge on any atom is -0.473 e. The third-order valence-corrected chi connectivity index (χ3v) is 2.30. The van der Waals surface area contributed by atoms with Crippen molar-refractivity contribution in [3.8, 4) is 0 Å². The van der Waals surface area contributed by atoms with Gasteiger partial charge >= 0.3 is 11.9 Å². The molecule has 0 bridgehead atoms. The predicted octanol–water partition coefficient (Wildman–Crippen LogP) is 1.25. The molecule has 0 heterocycles. The Hall–Kier alpha value is -2.08. The first kappa shape index (κ1) is 15.9. The van der Waals surface area contributed by atoms with Gasteiger partial charge in [-0.3, -0.25) is 5.84 Å². The number of rotatable bonds is 3. The number of carbonyl (C=O) groups is 2. The van der Waals surface area contributed by atoms with Gasteiger partial charge in [-0.05, 0) is 30.0 Å². The van der Waals surface area contributed by atoms with Crippen LogP contribution in [0.25, 0.3) is 0 Å². The van der Waals surface area contributed by atoms with Crippen LogP contribution in [0.5, 0.6) is 0 Å². The van der Waals surface area contributed by atoms with E-state index in [9.17, 15) is 0 Å². The van der Waals surface area contributed by atoms with Crippen molar-refractivity contribution < 1.29 is 19.8 Å². The van der Waals surface area contributed by atoms with E-state index in [1.54, 1.807) is 0 Å². The molecule has 0 aliphatic carbocycles. The zero-order chi connectivity index (χ0) is 14.1. The highest BCUT2D eigenvalue weighted by atomic mass is 16.4. The Balaban J connectivity index is 0.000000411. The second kappa shape index (κ2) is 8.08. The van der Waals surface area contributed by atoms with Crippen LogP contribution < -0.4 is 11.3 Å². The van der Waals surface area contributed by atoms with Gasteiger partial charge in [0.15, 0.2) is 0 Å². The van der Waals surface area contributed by atoms with Crippen LogP contribution in [0.2, 0.25) is 0 Å². The lowest BCUT2D eigenvalue weighted by molar-refractivity contribution is -0.159. The Morgan fingerprint density at radius 2 is 1.72 bits per heavy atom. The molecule has 0 spiro atoms. The Morgan fingerprint density at radius 3 is 2.06 bits per heavy atom. The number of hydrazine groups is 1. The van der Waals surface area contributed by atoms with Crippen LogP contribution in [0, 0.1) is 0 Å². The maximum atomic E-state index is 9.10. The molecule has 0 aromatic heterocycles. The number of nitrogen functional groups attached to an aromatic ring is 1. The SMILES string of the molecule is CCc1ccc(NN)c(CC)c1.O=C(O)C(=O)O. The minimum atomic E-state index is -1.82. The molecule has 6 heteroatoms. The van der Waals surface area contributed by atoms with E-state index in [2.05, 4.69) is 31.4 Å². The number of nitrogens with one attached hydrogen (secondary N) is 1. The average molecular weight is 254 g/mol. The maximum Gasteiger partial charge on any atom is 0.414 e. The summed E-state index contributed by atoms with van der Waals surface area (Å²) in [5.41, 5.74) is 6.39. The first-order valence-corrected chi connectivity index (χ1v) is 5.50. The van der Waals surface area contributed by atoms with Gasteiger partial charge in [0.25, 0.3) is 0 Å². The highest BCUT2D eigenvalue weighted by Crippen LogP contribution is 2.17. The molecule has 0 atom stereocenters. The maximum absolute atomic E-state index is 9.10. The standard InChI is InChI=1S/C10H16N2.C2H2O4/c1-3-8-5-6-10(12-11)9(4-2)7-8;3-1(4)2(5)6/h5-7,12H,3-4,11H2,1-2H3;(H,3,4)(H,5,6). The molecular weight excluding hydrogens is 236 g/mol. The average Bonchev–Trinajstić information content (AvgIpc) is 2.38. The summed E-state index contributed by atoms with van der Waals surface area (Å²) in [5.74, 6) is 1.72. The number of hydrogen-bond donors (Lipinski definition) is 4. The number of hydrogen-bond acceptors (Lipinski definition) is 4. The third-order valence-electron chi connectivity index (χ3n) is 2.30. The molecule has 0 unspecified atom stereocenters. The van der Waals surface area contributed by atoms with Crippen LogP contribution in [-0.2, 0) is 22.4 Å². The summed E-state index contributed by atoms with van der Waals surface area (Å²) in [7, 11) is 0. The molecule has 0 amide bonds. The zero-order valence-corrected chi connectivity index (χ0v) is 10.4. The molecular formula is C12H18N2O4. The first-order chi connectivity index (χ1) is 8.46. The van der Waals surface area contributed by atoms with Gasteiger partial charge in [0.1, 0.15) is 0 Å². The van der Waals surface area contributed by atoms with Crippen molar-refractivity contribution in [2.75, 3.05) is 5.43 Å². The largest absolute Gasteiger partial charge is 0.473 e. The molecule has 0 radical (unpaired) electrons. The van der Waals surface area contributed by atoms with Gasteiger partial charge in [-0.15, -0.1) is 0 Å². The normalized spacial score (nSPS) is 9.06. The van der Waals surface area contributed by atoms with Gasteiger partial charge < -0.3 is 15.6 Å². The van der Waals surface area contributed by atoms with Gasteiger partial charge in [0.05, 0.1) is 5.69 Å². The highest BCUT2D eigenvalue weighted by Gasteiger charge is 2.04. The minimum absolute atomic E-state index is 1.02. The van der Waals surface area contributed by atoms with E-state index < -0.39 is 11.9 Å². The number of carboxylic acid groups (broad SMARTS) is 2. The van der Waals surface area contributed by atoms with Gasteiger partial charge in [-0.1, -0.05) is 26.0 Å². The van der Waals surface area contributed by atoms with Crippen LogP contribution >= 0.6 is 0 Å². The Kier molecular flexibility index (Phi) is 7.14. The summed E-state index contributed by atoms with van der Waals surface area (Å²) in [6.45, 7) is 4.29. The summed E-state index contributed by atoms with van der Waals surface area (Å²) >= 11 is 0. The third kappa shape index (κ3) is 5.31. The van der Waals surface area contributed by atoms with Crippen molar-refractivity contribution in [3.05, 3.63) is 29.3 Å². The molecule has 0 saturated carbocycles. The molecule has 1 rings (SSSR count). The molecule has 6 nitrogen and oxygen atoms in total. The van der Waals surface area contributed by atoms with E-state index in [-0.39, 0.29) is 0 Å². The fourth-order valence-electron chi connectivity index (χ4n) is 1.30. The lowest BCUT2D eigenvalue weighted by atomic mass is 10.1. The van der Waals surface area contributed by atoms with Crippen molar-refractivity contribution >= 4 is 17.6 Å². The summed E-state index contributed by atoms with van der Waals surface area (Å²) in [4.78, 5) is 18.2. The van der Waals surface area contributed by atoms with Crippen molar-refractivity contribution in [1.82, 2.24) is 0 Å². The summed E-state index contributed by atoms with van der Waals surface area (Å²) < 4.78 is 0. The quantitative estimate of drug-likeness (QED) is 0.367. The molecule has 1 aromatic carbocycles. The number of aliphatic carboxylic acids is 2. The molecule has 0 aliphatic rings. The van der Waals surface area contributed by atoms with Gasteiger partial charge in [0.2, 0.25) is 0 Å². The Bertz CT molecular complexity index is 407. The Morgan fingerprint density at radius 1 is 1.17 bits per heavy atom. The monoisotopic (exact) mass is 254 g/mol. The first-order valence-electron chi connectivity index (χ1n) is 5.50. The second-order valence-corrected chi connectivity index (χ2v) is 3.45. The van der Waals surface area contributed by atoms with Crippen LogP contribution in [0.15, 0.2) is 18.2 Å². The van der Waals surface area contributed by atoms with Crippen LogP contribution in [0.1, 0.15) is 25.0 Å². The Labute approximate surface area is 105 Å². The summed E-state index contributed by atoms with van der Waals surface area (Å²) in [6.07, 6.45) is 2.10. The lowest BCUT2D eigenvalue weighted by Gasteiger charge is -2.08. The van der Waals surface area contributed by atoms with E-state index in [0.717, 1.165) is 18.5 Å². The number of benzene rings is 1. The van der Waals surface area contributed by atoms with Crippen LogP contribution in [0.4, 0.5) is 5.69 Å². The number of carboxylic acids is 2. The lowest BCUT2D eigenvalue weighted by Crippen LogP contribution is -2.09. The van der Waals surface area contributed by atoms with Crippen molar-refractivity contribution in [2.24, 2.45) is 5.84 Å². The van der Waals surface area contributed by atoms with E-state index in [4.69, 9.17) is 25.6 Å². The fourth-order valence-corrected chi connectivity index (χ4v) is 1.30. The molecule has 1 aromatic rings. The summed E-state index contributed by atoms with van der Waals surface area (Å²) in [6, 6.07) is 6.35. The second-order valence-electron chi connectivity index (χ2n) is 3.45. The number of anilines is 1. The van der Waals surface area contributed by atoms with Crippen LogP contribution in [0.3, 0.4) is 0 Å². The van der Waals surface area contributed by atoms with Gasteiger partial charge in [-0.25, -0.2) is 9.59 Å². The topological polar surface area (TPSA) is 113 Å². The number of nitrogens with two attached hydrogens (primary N) is 1. The van der Waals surface area contributed by atoms with E-state index >= 15 is 0 Å². The van der Waals surface area contributed by atoms with Crippen molar-refractivity contribution in [3.63, 3.8) is 0 Å². The van der Waals surface area contributed by atoms with Gasteiger partial charge in [-0.2, -0.15) is 0 Å². The summed E-state index contributed by atoms with van der Waals surface area (Å²) in [5, 5.41) is 14.8. The van der Waals surface area contributed by atoms with Crippen molar-refractivity contribution in [2.45, 2.75) is 26.7 Å². The van der Waals surface area contributed by atoms with E-state index in [1.165, 1.54) is 11.1 Å². The van der Waals surface area contributed by atoms with Crippen molar-refractivity contribution in [1.29, 1.82) is 0 Å². The van der Waals surface area contributed by atoms with Gasteiger partial charge in [0, 0.05) is 0 Å². The molecule has 100 valence electrons. The molecule has 5 N–H and O–H groups in total. The fraction of sp³-hybridized carbons (Fsp3) is 0.333. The molecule has 0 aliphatic heterocycles. The van der Waals surface area contributed by atoms with E-state index in [0.29, 0.717) is 0 Å². The molecule has 18 heavy (non-hydrogen) atoms. The number of aryl methyl sites for hydroxylation is 2. The highest BCUT2D eigenvalue weighted by molar-refractivity contribution is 6.27. The molecule has 0 saturated heterocycles. The predicted molar refractivity (Wildman–Crippen MR) is 68.3 cm³/mol. The van der Waals surface area contributed by atoms with Crippen LogP contribution in [-0.4, -0.2) is 22.2 Å².